The molecule has 0 aliphatic heterocycles. The second-order valence-corrected chi connectivity index (χ2v) is 6.25. The third kappa shape index (κ3) is 3.20. The SMILES string of the molecule is O=S(=O)(NCCC1CCC1)c1cccc(O)c1. The van der Waals surface area contributed by atoms with Crippen molar-refractivity contribution in [3.05, 3.63) is 24.3 Å². The van der Waals surface area contributed by atoms with Gasteiger partial charge in [-0.25, -0.2) is 13.1 Å². The Balaban J connectivity index is 1.93. The number of phenols is 1. The van der Waals surface area contributed by atoms with Crippen molar-refractivity contribution >= 4 is 10.0 Å². The summed E-state index contributed by atoms with van der Waals surface area (Å²) in [6, 6.07) is 5.71. The molecule has 5 heteroatoms. The Labute approximate surface area is 102 Å². The van der Waals surface area contributed by atoms with E-state index in [1.807, 2.05) is 0 Å². The molecule has 4 nitrogen and oxygen atoms in total. The molecule has 1 aromatic carbocycles. The molecule has 1 aliphatic rings. The zero-order valence-corrected chi connectivity index (χ0v) is 10.4. The van der Waals surface area contributed by atoms with Gasteiger partial charge in [0.2, 0.25) is 10.0 Å². The molecule has 1 aromatic rings. The second-order valence-electron chi connectivity index (χ2n) is 4.48. The lowest BCUT2D eigenvalue weighted by Gasteiger charge is -2.25. The number of sulfonamides is 1. The first-order chi connectivity index (χ1) is 8.08. The van der Waals surface area contributed by atoms with Crippen LogP contribution in [-0.2, 0) is 10.0 Å². The molecule has 0 heterocycles. The molecule has 0 bridgehead atoms. The maximum atomic E-state index is 11.9. The number of benzene rings is 1. The Morgan fingerprint density at radius 1 is 1.35 bits per heavy atom. The lowest BCUT2D eigenvalue weighted by Crippen LogP contribution is -2.27. The van der Waals surface area contributed by atoms with Gasteiger partial charge < -0.3 is 5.11 Å². The standard InChI is InChI=1S/C12H17NO3S/c14-11-5-2-6-12(9-11)17(15,16)13-8-7-10-3-1-4-10/h2,5-6,9-10,13-14H,1,3-4,7-8H2. The van der Waals surface area contributed by atoms with E-state index >= 15 is 0 Å². The molecule has 2 rings (SSSR count). The van der Waals surface area contributed by atoms with Gasteiger partial charge in [0.05, 0.1) is 4.90 Å². The highest BCUT2D eigenvalue weighted by Crippen LogP contribution is 2.28. The van der Waals surface area contributed by atoms with Gasteiger partial charge in [0, 0.05) is 6.54 Å². The lowest BCUT2D eigenvalue weighted by atomic mass is 9.83. The molecule has 0 radical (unpaired) electrons. The Bertz CT molecular complexity index is 480. The van der Waals surface area contributed by atoms with Crippen molar-refractivity contribution in [2.75, 3.05) is 6.54 Å². The van der Waals surface area contributed by atoms with Crippen molar-refractivity contribution in [2.45, 2.75) is 30.6 Å². The van der Waals surface area contributed by atoms with Crippen LogP contribution in [-0.4, -0.2) is 20.1 Å². The molecule has 17 heavy (non-hydrogen) atoms. The average Bonchev–Trinajstić information content (AvgIpc) is 2.22. The van der Waals surface area contributed by atoms with E-state index in [2.05, 4.69) is 4.72 Å². The quantitative estimate of drug-likeness (QED) is 0.844. The maximum absolute atomic E-state index is 11.9. The van der Waals surface area contributed by atoms with Crippen LogP contribution in [0.1, 0.15) is 25.7 Å². The van der Waals surface area contributed by atoms with Gasteiger partial charge in [0.25, 0.3) is 0 Å². The minimum Gasteiger partial charge on any atom is -0.508 e. The van der Waals surface area contributed by atoms with E-state index in [0.717, 1.165) is 6.42 Å². The van der Waals surface area contributed by atoms with Crippen molar-refractivity contribution in [1.82, 2.24) is 4.72 Å². The Morgan fingerprint density at radius 2 is 2.12 bits per heavy atom. The molecule has 1 aliphatic carbocycles. The van der Waals surface area contributed by atoms with Crippen LogP contribution in [0.3, 0.4) is 0 Å². The Morgan fingerprint density at radius 3 is 2.71 bits per heavy atom. The summed E-state index contributed by atoms with van der Waals surface area (Å²) in [6.45, 7) is 0.475. The Hall–Kier alpha value is -1.07. The first kappa shape index (κ1) is 12.4. The van der Waals surface area contributed by atoms with Crippen LogP contribution in [0.4, 0.5) is 0 Å². The van der Waals surface area contributed by atoms with Crippen molar-refractivity contribution < 1.29 is 13.5 Å². The van der Waals surface area contributed by atoms with Crippen molar-refractivity contribution in [3.63, 3.8) is 0 Å². The van der Waals surface area contributed by atoms with Crippen molar-refractivity contribution in [3.8, 4) is 5.75 Å². The zero-order chi connectivity index (χ0) is 12.3. The van der Waals surface area contributed by atoms with Crippen molar-refractivity contribution in [1.29, 1.82) is 0 Å². The van der Waals surface area contributed by atoms with Gasteiger partial charge >= 0.3 is 0 Å². The molecule has 2 N–H and O–H groups in total. The zero-order valence-electron chi connectivity index (χ0n) is 9.59. The molecule has 0 unspecified atom stereocenters. The molecule has 0 aromatic heterocycles. The molecule has 0 atom stereocenters. The van der Waals surface area contributed by atoms with Gasteiger partial charge in [-0.3, -0.25) is 0 Å². The molecular formula is C12H17NO3S. The van der Waals surface area contributed by atoms with Gasteiger partial charge in [-0.05, 0) is 30.5 Å². The fourth-order valence-electron chi connectivity index (χ4n) is 1.91. The minimum absolute atomic E-state index is 0.0353. The molecule has 94 valence electrons. The average molecular weight is 255 g/mol. The summed E-state index contributed by atoms with van der Waals surface area (Å²) in [5.41, 5.74) is 0. The Kier molecular flexibility index (Phi) is 3.69. The van der Waals surface area contributed by atoms with E-state index in [1.165, 1.54) is 43.5 Å². The first-order valence-corrected chi connectivity index (χ1v) is 7.35. The number of aromatic hydroxyl groups is 1. The summed E-state index contributed by atoms with van der Waals surface area (Å²) >= 11 is 0. The molecule has 1 fully saturated rings. The maximum Gasteiger partial charge on any atom is 0.240 e. The van der Waals surface area contributed by atoms with E-state index in [0.29, 0.717) is 12.5 Å². The normalized spacial score (nSPS) is 16.7. The minimum atomic E-state index is -3.47. The number of rotatable bonds is 5. The van der Waals surface area contributed by atoms with Crippen LogP contribution >= 0.6 is 0 Å². The highest BCUT2D eigenvalue weighted by molar-refractivity contribution is 7.89. The summed E-state index contributed by atoms with van der Waals surface area (Å²) < 4.78 is 26.3. The molecule has 0 spiro atoms. The van der Waals surface area contributed by atoms with Crippen LogP contribution in [0.15, 0.2) is 29.2 Å². The molecule has 0 amide bonds. The van der Waals surface area contributed by atoms with E-state index in [9.17, 15) is 13.5 Å². The van der Waals surface area contributed by atoms with Gasteiger partial charge in [0.15, 0.2) is 0 Å². The van der Waals surface area contributed by atoms with E-state index in [-0.39, 0.29) is 10.6 Å². The topological polar surface area (TPSA) is 66.4 Å². The highest BCUT2D eigenvalue weighted by Gasteiger charge is 2.19. The van der Waals surface area contributed by atoms with Crippen LogP contribution in [0.5, 0.6) is 5.75 Å². The third-order valence-electron chi connectivity index (χ3n) is 3.20. The van der Waals surface area contributed by atoms with Crippen LogP contribution < -0.4 is 4.72 Å². The van der Waals surface area contributed by atoms with Crippen LogP contribution in [0, 0.1) is 5.92 Å². The smallest absolute Gasteiger partial charge is 0.240 e. The second kappa shape index (κ2) is 5.06. The summed E-state index contributed by atoms with van der Waals surface area (Å²) in [5, 5.41) is 9.25. The van der Waals surface area contributed by atoms with Gasteiger partial charge in [-0.2, -0.15) is 0 Å². The molecule has 0 saturated heterocycles. The van der Waals surface area contributed by atoms with Gasteiger partial charge in [-0.15, -0.1) is 0 Å². The van der Waals surface area contributed by atoms with Gasteiger partial charge in [0.1, 0.15) is 5.75 Å². The molecular weight excluding hydrogens is 238 g/mol. The predicted octanol–water partition coefficient (Wildman–Crippen LogP) is 1.86. The van der Waals surface area contributed by atoms with Gasteiger partial charge in [-0.1, -0.05) is 25.3 Å². The summed E-state index contributed by atoms with van der Waals surface area (Å²) in [5.74, 6) is 0.647. The fourth-order valence-corrected chi connectivity index (χ4v) is 3.00. The van der Waals surface area contributed by atoms with Crippen LogP contribution in [0.25, 0.3) is 0 Å². The number of phenolic OH excluding ortho intramolecular Hbond substituents is 1. The largest absolute Gasteiger partial charge is 0.508 e. The number of hydrogen-bond donors (Lipinski definition) is 2. The number of nitrogens with one attached hydrogen (secondary N) is 1. The number of hydrogen-bond acceptors (Lipinski definition) is 3. The summed E-state index contributed by atoms with van der Waals surface area (Å²) in [6.07, 6.45) is 4.60. The predicted molar refractivity (Wildman–Crippen MR) is 65.3 cm³/mol. The summed E-state index contributed by atoms with van der Waals surface area (Å²) in [7, 11) is -3.47. The molecule has 1 saturated carbocycles. The third-order valence-corrected chi connectivity index (χ3v) is 4.66. The van der Waals surface area contributed by atoms with E-state index in [1.54, 1.807) is 0 Å². The van der Waals surface area contributed by atoms with Crippen LogP contribution in [0.2, 0.25) is 0 Å². The van der Waals surface area contributed by atoms with E-state index in [4.69, 9.17) is 0 Å². The summed E-state index contributed by atoms with van der Waals surface area (Å²) in [4.78, 5) is 0.117. The highest BCUT2D eigenvalue weighted by atomic mass is 32.2. The van der Waals surface area contributed by atoms with Crippen molar-refractivity contribution in [2.24, 2.45) is 5.92 Å². The first-order valence-electron chi connectivity index (χ1n) is 5.86. The van der Waals surface area contributed by atoms with E-state index < -0.39 is 10.0 Å². The lowest BCUT2D eigenvalue weighted by molar-refractivity contribution is 0.297. The fraction of sp³-hybridized carbons (Fsp3) is 0.500. The monoisotopic (exact) mass is 255 g/mol.